The molecule has 9 heteroatoms. The van der Waals surface area contributed by atoms with E-state index in [2.05, 4.69) is 15.2 Å². The second-order valence-electron chi connectivity index (χ2n) is 6.37. The maximum atomic E-state index is 12.6. The number of aryl methyl sites for hydroxylation is 1. The van der Waals surface area contributed by atoms with E-state index in [0.717, 1.165) is 5.69 Å². The highest BCUT2D eigenvalue weighted by atomic mass is 35.5. The number of amides is 1. The van der Waals surface area contributed by atoms with Crippen LogP contribution >= 0.6 is 11.6 Å². The van der Waals surface area contributed by atoms with Crippen LogP contribution in [0.15, 0.2) is 48.5 Å². The lowest BCUT2D eigenvalue weighted by atomic mass is 10.1. The molecule has 0 spiro atoms. The van der Waals surface area contributed by atoms with Crippen molar-refractivity contribution in [3.05, 3.63) is 70.5 Å². The van der Waals surface area contributed by atoms with Crippen molar-refractivity contribution in [2.24, 2.45) is 0 Å². The zero-order valence-corrected chi connectivity index (χ0v) is 17.1. The summed E-state index contributed by atoms with van der Waals surface area (Å²) in [5.41, 5.74) is 2.24. The first-order valence-corrected chi connectivity index (χ1v) is 9.49. The molecule has 0 aliphatic heterocycles. The second kappa shape index (κ2) is 9.58. The number of rotatable bonds is 8. The average Bonchev–Trinajstić information content (AvgIpc) is 3.02. The molecule has 158 valence electrons. The van der Waals surface area contributed by atoms with Gasteiger partial charge in [0.1, 0.15) is 5.15 Å². The molecule has 3 rings (SSSR count). The third-order valence-electron chi connectivity index (χ3n) is 4.38. The smallest absolute Gasteiger partial charge is 0.387 e. The van der Waals surface area contributed by atoms with Crippen molar-refractivity contribution in [2.75, 3.05) is 13.7 Å². The Morgan fingerprint density at radius 3 is 2.60 bits per heavy atom. The minimum absolute atomic E-state index is 0.0562. The van der Waals surface area contributed by atoms with Gasteiger partial charge in [-0.15, -0.1) is 0 Å². The number of benzene rings is 2. The number of nitrogens with one attached hydrogen (secondary N) is 1. The van der Waals surface area contributed by atoms with Gasteiger partial charge in [-0.1, -0.05) is 35.9 Å². The monoisotopic (exact) mass is 435 g/mol. The van der Waals surface area contributed by atoms with E-state index in [-0.39, 0.29) is 34.7 Å². The first-order valence-electron chi connectivity index (χ1n) is 9.11. The zero-order valence-electron chi connectivity index (χ0n) is 16.4. The summed E-state index contributed by atoms with van der Waals surface area (Å²) in [5, 5.41) is 7.35. The number of methoxy groups -OCH3 is 1. The van der Waals surface area contributed by atoms with E-state index in [1.807, 2.05) is 30.3 Å². The zero-order chi connectivity index (χ0) is 21.7. The van der Waals surface area contributed by atoms with Crippen molar-refractivity contribution in [3.8, 4) is 17.2 Å². The molecule has 0 radical (unpaired) electrons. The van der Waals surface area contributed by atoms with E-state index < -0.39 is 6.61 Å². The molecule has 1 amide bonds. The molecule has 1 N–H and O–H groups in total. The number of alkyl halides is 2. The van der Waals surface area contributed by atoms with Crippen LogP contribution in [0.1, 0.15) is 21.6 Å². The first kappa shape index (κ1) is 21.6. The number of carbonyl (C=O) groups excluding carboxylic acids is 1. The van der Waals surface area contributed by atoms with E-state index in [1.165, 1.54) is 17.9 Å². The highest BCUT2D eigenvalue weighted by Crippen LogP contribution is 2.29. The molecule has 6 nitrogen and oxygen atoms in total. The molecule has 0 aliphatic rings. The normalized spacial score (nSPS) is 10.9. The predicted molar refractivity (Wildman–Crippen MR) is 109 cm³/mol. The number of halogens is 3. The highest BCUT2D eigenvalue weighted by Gasteiger charge is 2.21. The maximum Gasteiger partial charge on any atom is 0.387 e. The van der Waals surface area contributed by atoms with Gasteiger partial charge in [-0.05, 0) is 43.2 Å². The second-order valence-corrected chi connectivity index (χ2v) is 6.73. The standard InChI is InChI=1S/C21H20ClF2N3O3/c1-13-18(19(22)27(26-13)15-6-4-3-5-7-15)20(28)25-11-10-14-8-9-16(29-2)17(12-14)30-21(23)24/h3-9,12,21H,10-11H2,1-2H3,(H,25,28). The fraction of sp³-hybridized carbons (Fsp3) is 0.238. The molecule has 0 unspecified atom stereocenters. The van der Waals surface area contributed by atoms with Gasteiger partial charge in [0.15, 0.2) is 11.5 Å². The third-order valence-corrected chi connectivity index (χ3v) is 4.72. The van der Waals surface area contributed by atoms with Crippen LogP contribution in [-0.4, -0.2) is 36.0 Å². The lowest BCUT2D eigenvalue weighted by Gasteiger charge is -2.12. The van der Waals surface area contributed by atoms with Gasteiger partial charge in [-0.3, -0.25) is 4.79 Å². The van der Waals surface area contributed by atoms with Crippen molar-refractivity contribution in [1.29, 1.82) is 0 Å². The molecule has 1 aromatic heterocycles. The summed E-state index contributed by atoms with van der Waals surface area (Å²) in [7, 11) is 1.37. The molecule has 0 fully saturated rings. The lowest BCUT2D eigenvalue weighted by molar-refractivity contribution is -0.0512. The Hall–Kier alpha value is -3.13. The summed E-state index contributed by atoms with van der Waals surface area (Å²) in [5.74, 6) is -0.213. The third kappa shape index (κ3) is 4.88. The number of ether oxygens (including phenoxy) is 2. The SMILES string of the molecule is COc1ccc(CCNC(=O)c2c(C)nn(-c3ccccc3)c2Cl)cc1OC(F)F. The van der Waals surface area contributed by atoms with Gasteiger partial charge in [-0.25, -0.2) is 4.68 Å². The van der Waals surface area contributed by atoms with E-state index >= 15 is 0 Å². The van der Waals surface area contributed by atoms with Gasteiger partial charge in [0.05, 0.1) is 24.1 Å². The van der Waals surface area contributed by atoms with Gasteiger partial charge < -0.3 is 14.8 Å². The summed E-state index contributed by atoms with van der Waals surface area (Å²) in [6, 6.07) is 14.0. The Balaban J connectivity index is 1.68. The molecule has 0 saturated heterocycles. The summed E-state index contributed by atoms with van der Waals surface area (Å²) in [4.78, 5) is 12.6. The number of carbonyl (C=O) groups is 1. The van der Waals surface area contributed by atoms with Crippen LogP contribution in [0.4, 0.5) is 8.78 Å². The molecule has 0 atom stereocenters. The van der Waals surface area contributed by atoms with Gasteiger partial charge >= 0.3 is 6.61 Å². The van der Waals surface area contributed by atoms with Gasteiger partial charge in [0.25, 0.3) is 5.91 Å². The van der Waals surface area contributed by atoms with Gasteiger partial charge in [0, 0.05) is 6.54 Å². The van der Waals surface area contributed by atoms with Crippen molar-refractivity contribution >= 4 is 17.5 Å². The molecule has 3 aromatic rings. The maximum absolute atomic E-state index is 12.6. The molecule has 0 saturated carbocycles. The van der Waals surface area contributed by atoms with Crippen LogP contribution in [0.25, 0.3) is 5.69 Å². The van der Waals surface area contributed by atoms with Gasteiger partial charge in [0.2, 0.25) is 0 Å². The molecule has 1 heterocycles. The summed E-state index contributed by atoms with van der Waals surface area (Å²) in [6.07, 6.45) is 0.402. The van der Waals surface area contributed by atoms with E-state index in [9.17, 15) is 13.6 Å². The summed E-state index contributed by atoms with van der Waals surface area (Å²) < 4.78 is 36.1. The molecule has 30 heavy (non-hydrogen) atoms. The number of hydrogen-bond donors (Lipinski definition) is 1. The molecule has 2 aromatic carbocycles. The van der Waals surface area contributed by atoms with Crippen molar-refractivity contribution in [1.82, 2.24) is 15.1 Å². The fourth-order valence-corrected chi connectivity index (χ4v) is 3.33. The Bertz CT molecular complexity index is 1030. The van der Waals surface area contributed by atoms with E-state index in [0.29, 0.717) is 17.7 Å². The Labute approximate surface area is 177 Å². The van der Waals surface area contributed by atoms with Crippen LogP contribution in [0.5, 0.6) is 11.5 Å². The highest BCUT2D eigenvalue weighted by molar-refractivity contribution is 6.33. The minimum Gasteiger partial charge on any atom is -0.493 e. The van der Waals surface area contributed by atoms with Crippen molar-refractivity contribution in [3.63, 3.8) is 0 Å². The van der Waals surface area contributed by atoms with Crippen molar-refractivity contribution in [2.45, 2.75) is 20.0 Å². The minimum atomic E-state index is -2.96. The predicted octanol–water partition coefficient (Wildman–Crippen LogP) is 4.42. The van der Waals surface area contributed by atoms with Crippen LogP contribution in [0.3, 0.4) is 0 Å². The molecular weight excluding hydrogens is 416 g/mol. The summed E-state index contributed by atoms with van der Waals surface area (Å²) >= 11 is 6.40. The Kier molecular flexibility index (Phi) is 6.89. The Morgan fingerprint density at radius 1 is 1.20 bits per heavy atom. The topological polar surface area (TPSA) is 65.4 Å². The fourth-order valence-electron chi connectivity index (χ4n) is 2.97. The average molecular weight is 436 g/mol. The Morgan fingerprint density at radius 2 is 1.93 bits per heavy atom. The number of para-hydroxylation sites is 1. The molecular formula is C21H20ClF2N3O3. The van der Waals surface area contributed by atoms with E-state index in [4.69, 9.17) is 16.3 Å². The van der Waals surface area contributed by atoms with Crippen LogP contribution in [0.2, 0.25) is 5.15 Å². The van der Waals surface area contributed by atoms with Gasteiger partial charge in [-0.2, -0.15) is 13.9 Å². The van der Waals surface area contributed by atoms with Crippen LogP contribution < -0.4 is 14.8 Å². The molecule has 0 bridgehead atoms. The largest absolute Gasteiger partial charge is 0.493 e. The van der Waals surface area contributed by atoms with E-state index in [1.54, 1.807) is 19.1 Å². The first-order chi connectivity index (χ1) is 14.4. The lowest BCUT2D eigenvalue weighted by Crippen LogP contribution is -2.26. The van der Waals surface area contributed by atoms with Crippen LogP contribution in [0, 0.1) is 6.92 Å². The van der Waals surface area contributed by atoms with Crippen LogP contribution in [-0.2, 0) is 6.42 Å². The number of aromatic nitrogens is 2. The molecule has 0 aliphatic carbocycles. The quantitative estimate of drug-likeness (QED) is 0.569. The summed E-state index contributed by atoms with van der Waals surface area (Å²) in [6.45, 7) is -0.983. The number of nitrogens with zero attached hydrogens (tertiary/aromatic N) is 2. The number of hydrogen-bond acceptors (Lipinski definition) is 4. The van der Waals surface area contributed by atoms with Crippen molar-refractivity contribution < 1.29 is 23.0 Å².